The van der Waals surface area contributed by atoms with Crippen molar-refractivity contribution in [2.45, 2.75) is 32.1 Å². The number of carbonyl (C=O) groups is 2. The Labute approximate surface area is 199 Å². The number of rotatable bonds is 8. The molecule has 1 aliphatic heterocycles. The smallest absolute Gasteiger partial charge is 0.255 e. The van der Waals surface area contributed by atoms with Crippen LogP contribution in [0.25, 0.3) is 0 Å². The van der Waals surface area contributed by atoms with E-state index in [0.717, 1.165) is 35.4 Å². The predicted octanol–water partition coefficient (Wildman–Crippen LogP) is 6.20. The fraction of sp³-hybridized carbons (Fsp3) is 0.259. The molecule has 1 aliphatic rings. The Morgan fingerprint density at radius 1 is 1.09 bits per heavy atom. The van der Waals surface area contributed by atoms with Gasteiger partial charge in [-0.2, -0.15) is 0 Å². The molecule has 1 saturated heterocycles. The zero-order valence-corrected chi connectivity index (χ0v) is 19.7. The summed E-state index contributed by atoms with van der Waals surface area (Å²) in [5.74, 6) is 1.16. The molecule has 5 nitrogen and oxygen atoms in total. The molecule has 1 fully saturated rings. The molecule has 1 atom stereocenters. The molecule has 0 spiro atoms. The second-order valence-corrected chi connectivity index (χ2v) is 9.14. The van der Waals surface area contributed by atoms with Gasteiger partial charge >= 0.3 is 0 Å². The minimum absolute atomic E-state index is 0.0793. The van der Waals surface area contributed by atoms with E-state index in [1.54, 1.807) is 23.9 Å². The highest BCUT2D eigenvalue weighted by atomic mass is 32.2. The van der Waals surface area contributed by atoms with Gasteiger partial charge in [-0.25, -0.2) is 0 Å². The topological polar surface area (TPSA) is 58.6 Å². The summed E-state index contributed by atoms with van der Waals surface area (Å²) >= 11 is 1.61. The molecule has 4 rings (SSSR count). The maximum atomic E-state index is 12.6. The summed E-state index contributed by atoms with van der Waals surface area (Å²) in [6.07, 6.45) is 2.09. The summed E-state index contributed by atoms with van der Waals surface area (Å²) in [5, 5.41) is 2.86. The maximum Gasteiger partial charge on any atom is 0.255 e. The third kappa shape index (κ3) is 5.57. The summed E-state index contributed by atoms with van der Waals surface area (Å²) in [6, 6.07) is 22.9. The van der Waals surface area contributed by atoms with Crippen molar-refractivity contribution in [2.75, 3.05) is 22.6 Å². The lowest BCUT2D eigenvalue weighted by atomic mass is 10.1. The molecular weight excluding hydrogens is 432 g/mol. The number of nitrogens with one attached hydrogen (secondary N) is 1. The molecule has 33 heavy (non-hydrogen) atoms. The van der Waals surface area contributed by atoms with Crippen molar-refractivity contribution < 1.29 is 14.3 Å². The highest BCUT2D eigenvalue weighted by Crippen LogP contribution is 2.42. The van der Waals surface area contributed by atoms with E-state index in [9.17, 15) is 9.59 Å². The van der Waals surface area contributed by atoms with Crippen LogP contribution in [0.5, 0.6) is 5.75 Å². The van der Waals surface area contributed by atoms with E-state index in [2.05, 4.69) is 12.2 Å². The summed E-state index contributed by atoms with van der Waals surface area (Å²) in [7, 11) is 0. The first-order chi connectivity index (χ1) is 16.0. The van der Waals surface area contributed by atoms with E-state index < -0.39 is 0 Å². The lowest BCUT2D eigenvalue weighted by molar-refractivity contribution is -0.115. The van der Waals surface area contributed by atoms with E-state index in [1.165, 1.54) is 0 Å². The van der Waals surface area contributed by atoms with Crippen LogP contribution in [0.15, 0.2) is 72.8 Å². The first-order valence-corrected chi connectivity index (χ1v) is 12.2. The zero-order chi connectivity index (χ0) is 23.2. The molecule has 6 heteroatoms. The molecule has 0 radical (unpaired) electrons. The molecule has 170 valence electrons. The average Bonchev–Trinajstić information content (AvgIpc) is 3.21. The molecule has 3 aromatic rings. The van der Waals surface area contributed by atoms with Crippen molar-refractivity contribution in [1.29, 1.82) is 0 Å². The Bertz CT molecular complexity index is 1110. The number of benzene rings is 3. The fourth-order valence-corrected chi connectivity index (χ4v) is 4.88. The number of nitrogens with zero attached hydrogens (tertiary/aromatic N) is 1. The van der Waals surface area contributed by atoms with E-state index in [0.29, 0.717) is 23.6 Å². The zero-order valence-electron chi connectivity index (χ0n) is 18.9. The summed E-state index contributed by atoms with van der Waals surface area (Å²) in [4.78, 5) is 27.1. The van der Waals surface area contributed by atoms with Crippen molar-refractivity contribution in [2.24, 2.45) is 0 Å². The van der Waals surface area contributed by atoms with Gasteiger partial charge in [-0.05, 0) is 73.0 Å². The van der Waals surface area contributed by atoms with Crippen LogP contribution in [0.1, 0.15) is 46.6 Å². The summed E-state index contributed by atoms with van der Waals surface area (Å²) in [5.41, 5.74) is 4.34. The molecule has 1 N–H and O–H groups in total. The van der Waals surface area contributed by atoms with Gasteiger partial charge in [0.15, 0.2) is 0 Å². The third-order valence-electron chi connectivity index (χ3n) is 5.48. The van der Waals surface area contributed by atoms with E-state index in [4.69, 9.17) is 4.74 Å². The Balaban J connectivity index is 1.41. The SMILES string of the molecule is CCCCOc1ccc(C(=O)Nc2ccc(C3SCC(=O)N3c3cccc(C)c3)cc2)cc1. The lowest BCUT2D eigenvalue weighted by Gasteiger charge is -2.25. The second-order valence-electron chi connectivity index (χ2n) is 8.07. The van der Waals surface area contributed by atoms with Gasteiger partial charge in [-0.3, -0.25) is 14.5 Å². The highest BCUT2D eigenvalue weighted by Gasteiger charge is 2.34. The molecule has 0 aromatic heterocycles. The third-order valence-corrected chi connectivity index (χ3v) is 6.70. The number of unbranched alkanes of at least 4 members (excludes halogenated alkanes) is 1. The molecule has 1 unspecified atom stereocenters. The van der Waals surface area contributed by atoms with E-state index in [1.807, 2.05) is 72.5 Å². The molecule has 2 amide bonds. The van der Waals surface area contributed by atoms with Crippen LogP contribution in [-0.2, 0) is 4.79 Å². The van der Waals surface area contributed by atoms with Gasteiger partial charge in [0, 0.05) is 16.9 Å². The number of hydrogen-bond acceptors (Lipinski definition) is 4. The Morgan fingerprint density at radius 2 is 1.85 bits per heavy atom. The van der Waals surface area contributed by atoms with Crippen molar-refractivity contribution in [3.05, 3.63) is 89.5 Å². The number of anilines is 2. The normalized spacial score (nSPS) is 15.5. The molecule has 3 aromatic carbocycles. The summed E-state index contributed by atoms with van der Waals surface area (Å²) in [6.45, 7) is 4.83. The first-order valence-electron chi connectivity index (χ1n) is 11.2. The molecule has 0 bridgehead atoms. The number of amides is 2. The van der Waals surface area contributed by atoms with Gasteiger partial charge in [0.05, 0.1) is 12.4 Å². The number of carbonyl (C=O) groups excluding carboxylic acids is 2. The number of aryl methyl sites for hydroxylation is 1. The second kappa shape index (κ2) is 10.6. The molecular formula is C27H28N2O3S. The van der Waals surface area contributed by atoms with Gasteiger partial charge in [-0.1, -0.05) is 37.6 Å². The Kier molecular flexibility index (Phi) is 7.35. The maximum absolute atomic E-state index is 12.6. The van der Waals surface area contributed by atoms with Crippen LogP contribution in [0.3, 0.4) is 0 Å². The van der Waals surface area contributed by atoms with E-state index >= 15 is 0 Å². The predicted molar refractivity (Wildman–Crippen MR) is 135 cm³/mol. The van der Waals surface area contributed by atoms with Crippen LogP contribution in [0.2, 0.25) is 0 Å². The van der Waals surface area contributed by atoms with Gasteiger partial charge < -0.3 is 10.1 Å². The van der Waals surface area contributed by atoms with Crippen LogP contribution < -0.4 is 15.0 Å². The first kappa shape index (κ1) is 22.9. The monoisotopic (exact) mass is 460 g/mol. The Morgan fingerprint density at radius 3 is 2.55 bits per heavy atom. The number of hydrogen-bond donors (Lipinski definition) is 1. The van der Waals surface area contributed by atoms with E-state index in [-0.39, 0.29) is 17.2 Å². The highest BCUT2D eigenvalue weighted by molar-refractivity contribution is 8.00. The Hall–Kier alpha value is -3.25. The minimum atomic E-state index is -0.172. The van der Waals surface area contributed by atoms with Crippen molar-refractivity contribution in [1.82, 2.24) is 0 Å². The van der Waals surface area contributed by atoms with Gasteiger partial charge in [0.25, 0.3) is 5.91 Å². The van der Waals surface area contributed by atoms with Crippen molar-refractivity contribution in [3.63, 3.8) is 0 Å². The van der Waals surface area contributed by atoms with Crippen molar-refractivity contribution >= 4 is 35.0 Å². The number of ether oxygens (including phenoxy) is 1. The standard InChI is InChI=1S/C27H28N2O3S/c1-3-4-16-32-24-14-10-20(11-15-24)26(31)28-22-12-8-21(9-13-22)27-29(25(30)18-33-27)23-7-5-6-19(2)17-23/h5-15,17,27H,3-4,16,18H2,1-2H3,(H,28,31). The molecule has 0 aliphatic carbocycles. The van der Waals surface area contributed by atoms with Crippen molar-refractivity contribution in [3.8, 4) is 5.75 Å². The molecule has 0 saturated carbocycles. The van der Waals surface area contributed by atoms with Crippen LogP contribution >= 0.6 is 11.8 Å². The van der Waals surface area contributed by atoms with Gasteiger partial charge in [0.2, 0.25) is 5.91 Å². The van der Waals surface area contributed by atoms with Crippen LogP contribution in [0, 0.1) is 6.92 Å². The lowest BCUT2D eigenvalue weighted by Crippen LogP contribution is -2.27. The van der Waals surface area contributed by atoms with Gasteiger partial charge in [0.1, 0.15) is 11.1 Å². The average molecular weight is 461 g/mol. The fourth-order valence-electron chi connectivity index (χ4n) is 3.70. The number of thioether (sulfide) groups is 1. The molecule has 1 heterocycles. The van der Waals surface area contributed by atoms with Crippen LogP contribution in [-0.4, -0.2) is 24.2 Å². The quantitative estimate of drug-likeness (QED) is 0.406. The largest absolute Gasteiger partial charge is 0.494 e. The van der Waals surface area contributed by atoms with Crippen LogP contribution in [0.4, 0.5) is 11.4 Å². The minimum Gasteiger partial charge on any atom is -0.494 e. The summed E-state index contributed by atoms with van der Waals surface area (Å²) < 4.78 is 5.65. The van der Waals surface area contributed by atoms with Gasteiger partial charge in [-0.15, -0.1) is 11.8 Å².